The molecule has 27 heavy (non-hydrogen) atoms. The molecule has 1 unspecified atom stereocenters. The summed E-state index contributed by atoms with van der Waals surface area (Å²) in [6.07, 6.45) is 0.130. The van der Waals surface area contributed by atoms with Gasteiger partial charge in [-0.25, -0.2) is 4.79 Å². The lowest BCUT2D eigenvalue weighted by atomic mass is 9.84. The quantitative estimate of drug-likeness (QED) is 0.715. The Morgan fingerprint density at radius 2 is 1.85 bits per heavy atom. The van der Waals surface area contributed by atoms with Gasteiger partial charge < -0.3 is 9.47 Å². The van der Waals surface area contributed by atoms with Crippen LogP contribution in [0, 0.1) is 0 Å². The normalized spacial score (nSPS) is 19.2. The first-order chi connectivity index (χ1) is 13.0. The number of nitrogens with zero attached hydrogens (tertiary/aromatic N) is 1. The van der Waals surface area contributed by atoms with Gasteiger partial charge in [-0.2, -0.15) is 0 Å². The third-order valence-electron chi connectivity index (χ3n) is 4.72. The van der Waals surface area contributed by atoms with E-state index in [0.29, 0.717) is 32.8 Å². The molecule has 138 valence electrons. The molecule has 0 saturated carbocycles. The van der Waals surface area contributed by atoms with Gasteiger partial charge in [0.2, 0.25) is 5.91 Å². The number of esters is 1. The first kappa shape index (κ1) is 17.9. The summed E-state index contributed by atoms with van der Waals surface area (Å²) in [5, 5.41) is 0.820. The van der Waals surface area contributed by atoms with Gasteiger partial charge in [0.25, 0.3) is 0 Å². The third kappa shape index (κ3) is 3.17. The van der Waals surface area contributed by atoms with Crippen molar-refractivity contribution in [3.63, 3.8) is 0 Å². The molecule has 2 aliphatic rings. The van der Waals surface area contributed by atoms with Crippen molar-refractivity contribution >= 4 is 40.8 Å². The van der Waals surface area contributed by atoms with Crippen molar-refractivity contribution in [3.8, 4) is 5.75 Å². The van der Waals surface area contributed by atoms with E-state index < -0.39 is 5.97 Å². The monoisotopic (exact) mass is 403 g/mol. The molecule has 0 fully saturated rings. The summed E-state index contributed by atoms with van der Waals surface area (Å²) >= 11 is 12.2. The summed E-state index contributed by atoms with van der Waals surface area (Å²) in [5.41, 5.74) is 2.37. The molecule has 0 aliphatic carbocycles. The molecule has 1 amide bonds. The van der Waals surface area contributed by atoms with Gasteiger partial charge in [0.1, 0.15) is 12.4 Å². The zero-order valence-corrected chi connectivity index (χ0v) is 15.9. The smallest absolute Gasteiger partial charge is 0.336 e. The average molecular weight is 404 g/mol. The predicted molar refractivity (Wildman–Crippen MR) is 102 cm³/mol. The number of carbonyl (C=O) groups is 2. The Balaban J connectivity index is 1.84. The lowest BCUT2D eigenvalue weighted by molar-refractivity contribution is -0.136. The van der Waals surface area contributed by atoms with E-state index in [0.717, 1.165) is 5.56 Å². The molecule has 0 saturated heterocycles. The molecule has 4 rings (SSSR count). The van der Waals surface area contributed by atoms with Crippen LogP contribution in [-0.2, 0) is 14.3 Å². The highest BCUT2D eigenvalue weighted by molar-refractivity contribution is 6.35. The number of anilines is 1. The van der Waals surface area contributed by atoms with Crippen molar-refractivity contribution in [1.82, 2.24) is 0 Å². The van der Waals surface area contributed by atoms with Crippen molar-refractivity contribution in [2.45, 2.75) is 12.3 Å². The van der Waals surface area contributed by atoms with Crippen LogP contribution in [0.5, 0.6) is 5.75 Å². The second-order valence-electron chi connectivity index (χ2n) is 6.33. The zero-order chi connectivity index (χ0) is 19.1. The Hall–Kier alpha value is -2.50. The van der Waals surface area contributed by atoms with E-state index in [1.165, 1.54) is 4.90 Å². The second kappa shape index (κ2) is 6.91. The predicted octanol–water partition coefficient (Wildman–Crippen LogP) is 4.33. The van der Waals surface area contributed by atoms with Crippen molar-refractivity contribution in [3.05, 3.63) is 69.3 Å². The van der Waals surface area contributed by atoms with Crippen molar-refractivity contribution in [1.29, 1.82) is 0 Å². The van der Waals surface area contributed by atoms with Gasteiger partial charge in [-0.3, -0.25) is 9.69 Å². The lowest BCUT2D eigenvalue weighted by Crippen LogP contribution is -2.37. The lowest BCUT2D eigenvalue weighted by Gasteiger charge is -2.32. The number of cyclic esters (lactones) is 1. The number of ether oxygens (including phenoxy) is 2. The molecular formula is C20H15Cl2NO4. The van der Waals surface area contributed by atoms with E-state index in [4.69, 9.17) is 32.7 Å². The number of halogens is 2. The first-order valence-corrected chi connectivity index (χ1v) is 9.06. The standard InChI is InChI=1S/C20H15Cl2NO4/c1-26-15-4-2-3-11(5-15)16-9-18(24)23(17-10-27-20(25)19(16)17)14-7-12(21)6-13(22)8-14/h2-8,16H,9-10H2,1H3. The highest BCUT2D eigenvalue weighted by atomic mass is 35.5. The minimum absolute atomic E-state index is 0.0322. The summed E-state index contributed by atoms with van der Waals surface area (Å²) in [5.74, 6) is -0.289. The number of rotatable bonds is 3. The summed E-state index contributed by atoms with van der Waals surface area (Å²) in [6.45, 7) is 0.0322. The molecule has 2 aromatic rings. The molecule has 2 aromatic carbocycles. The first-order valence-electron chi connectivity index (χ1n) is 8.31. The summed E-state index contributed by atoms with van der Waals surface area (Å²) < 4.78 is 10.5. The van der Waals surface area contributed by atoms with E-state index >= 15 is 0 Å². The van der Waals surface area contributed by atoms with Crippen molar-refractivity contribution in [2.75, 3.05) is 18.6 Å². The van der Waals surface area contributed by atoms with Gasteiger partial charge in [0.15, 0.2) is 0 Å². The van der Waals surface area contributed by atoms with Gasteiger partial charge >= 0.3 is 5.97 Å². The molecule has 0 N–H and O–H groups in total. The highest BCUT2D eigenvalue weighted by Crippen LogP contribution is 2.43. The maximum absolute atomic E-state index is 13.0. The van der Waals surface area contributed by atoms with E-state index in [1.54, 1.807) is 25.3 Å². The van der Waals surface area contributed by atoms with Crippen LogP contribution in [0.1, 0.15) is 17.9 Å². The average Bonchev–Trinajstić information content (AvgIpc) is 3.01. The zero-order valence-electron chi connectivity index (χ0n) is 14.4. The molecule has 0 aromatic heterocycles. The van der Waals surface area contributed by atoms with Crippen molar-refractivity contribution in [2.24, 2.45) is 0 Å². The van der Waals surface area contributed by atoms with Crippen LogP contribution in [-0.4, -0.2) is 25.6 Å². The molecular weight excluding hydrogens is 389 g/mol. The largest absolute Gasteiger partial charge is 0.497 e. The van der Waals surface area contributed by atoms with Gasteiger partial charge in [0.05, 0.1) is 24.1 Å². The maximum Gasteiger partial charge on any atom is 0.336 e. The molecule has 2 heterocycles. The van der Waals surface area contributed by atoms with Crippen LogP contribution in [0.2, 0.25) is 10.0 Å². The van der Waals surface area contributed by atoms with Gasteiger partial charge in [-0.1, -0.05) is 35.3 Å². The minimum atomic E-state index is -0.413. The number of amides is 1. The second-order valence-corrected chi connectivity index (χ2v) is 7.20. The fraction of sp³-hybridized carbons (Fsp3) is 0.200. The van der Waals surface area contributed by atoms with E-state index in [2.05, 4.69) is 0 Å². The van der Waals surface area contributed by atoms with Crippen molar-refractivity contribution < 1.29 is 19.1 Å². The van der Waals surface area contributed by atoms with E-state index in [1.807, 2.05) is 24.3 Å². The molecule has 2 aliphatic heterocycles. The Labute approximate surface area is 166 Å². The van der Waals surface area contributed by atoms with Crippen LogP contribution < -0.4 is 9.64 Å². The molecule has 5 nitrogen and oxygen atoms in total. The van der Waals surface area contributed by atoms with Crippen LogP contribution >= 0.6 is 23.2 Å². The van der Waals surface area contributed by atoms with Gasteiger partial charge in [-0.15, -0.1) is 0 Å². The molecule has 1 atom stereocenters. The number of methoxy groups -OCH3 is 1. The number of hydrogen-bond donors (Lipinski definition) is 0. The number of benzene rings is 2. The van der Waals surface area contributed by atoms with Crippen LogP contribution in [0.15, 0.2) is 53.7 Å². The molecule has 0 radical (unpaired) electrons. The van der Waals surface area contributed by atoms with Gasteiger partial charge in [-0.05, 0) is 35.9 Å². The summed E-state index contributed by atoms with van der Waals surface area (Å²) in [4.78, 5) is 27.0. The Morgan fingerprint density at radius 3 is 2.56 bits per heavy atom. The minimum Gasteiger partial charge on any atom is -0.497 e. The number of hydrogen-bond acceptors (Lipinski definition) is 4. The maximum atomic E-state index is 13.0. The van der Waals surface area contributed by atoms with Crippen LogP contribution in [0.4, 0.5) is 5.69 Å². The Kier molecular flexibility index (Phi) is 4.58. The van der Waals surface area contributed by atoms with E-state index in [9.17, 15) is 9.59 Å². The van der Waals surface area contributed by atoms with Crippen LogP contribution in [0.3, 0.4) is 0 Å². The van der Waals surface area contributed by atoms with E-state index in [-0.39, 0.29) is 24.9 Å². The summed E-state index contributed by atoms with van der Waals surface area (Å²) in [7, 11) is 1.57. The fourth-order valence-corrected chi connectivity index (χ4v) is 4.08. The SMILES string of the molecule is COc1cccc(C2CC(=O)N(c3cc(Cl)cc(Cl)c3)C3=C2C(=O)OC3)c1. The molecule has 0 spiro atoms. The molecule has 0 bridgehead atoms. The summed E-state index contributed by atoms with van der Waals surface area (Å²) in [6, 6.07) is 12.2. The topological polar surface area (TPSA) is 55.8 Å². The third-order valence-corrected chi connectivity index (χ3v) is 5.16. The number of carbonyl (C=O) groups excluding carboxylic acids is 2. The highest BCUT2D eigenvalue weighted by Gasteiger charge is 2.43. The van der Waals surface area contributed by atoms with Crippen LogP contribution in [0.25, 0.3) is 0 Å². The fourth-order valence-electron chi connectivity index (χ4n) is 3.57. The Bertz CT molecular complexity index is 965. The van der Waals surface area contributed by atoms with Gasteiger partial charge in [0, 0.05) is 22.4 Å². The molecule has 7 heteroatoms. The Morgan fingerprint density at radius 1 is 1.11 bits per heavy atom.